The molecule has 0 spiro atoms. The Morgan fingerprint density at radius 1 is 0.960 bits per heavy atom. The minimum atomic E-state index is 0.582. The van der Waals surface area contributed by atoms with Gasteiger partial charge in [-0.05, 0) is 38.6 Å². The molecule has 0 unspecified atom stereocenters. The van der Waals surface area contributed by atoms with Crippen LogP contribution in [0.1, 0.15) is 108 Å². The Labute approximate surface area is 154 Å². The van der Waals surface area contributed by atoms with Crippen molar-refractivity contribution in [3.05, 3.63) is 11.4 Å². The van der Waals surface area contributed by atoms with Crippen LogP contribution < -0.4 is 0 Å². The van der Waals surface area contributed by atoms with Gasteiger partial charge in [0.15, 0.2) is 0 Å². The van der Waals surface area contributed by atoms with E-state index in [4.69, 9.17) is 0 Å². The topological polar surface area (TPSA) is 34.0 Å². The molecule has 0 saturated carbocycles. The first-order valence-electron chi connectivity index (χ1n) is 11.0. The highest BCUT2D eigenvalue weighted by atomic mass is 15.5. The average molecular weight is 347 g/mol. The van der Waals surface area contributed by atoms with Crippen molar-refractivity contribution in [2.24, 2.45) is 0 Å². The molecule has 3 rings (SSSR count). The Bertz CT molecular complexity index is 510. The fourth-order valence-corrected chi connectivity index (χ4v) is 4.80. The molecule has 0 amide bonds. The SMILES string of the molecule is CCCCCCCCC[C@H]1c2c(CCCC)nnn2C[C@@H]2CCCN21. The largest absolute Gasteiger partial charge is 0.290 e. The van der Waals surface area contributed by atoms with Crippen molar-refractivity contribution in [1.82, 2.24) is 19.9 Å². The zero-order valence-corrected chi connectivity index (χ0v) is 16.6. The number of unbranched alkanes of at least 4 members (excludes halogenated alkanes) is 7. The summed E-state index contributed by atoms with van der Waals surface area (Å²) in [4.78, 5) is 2.80. The quantitative estimate of drug-likeness (QED) is 0.511. The number of aryl methyl sites for hydroxylation is 1. The van der Waals surface area contributed by atoms with Crippen molar-refractivity contribution in [1.29, 1.82) is 0 Å². The monoisotopic (exact) mass is 346 g/mol. The van der Waals surface area contributed by atoms with Crippen LogP contribution in [0.25, 0.3) is 0 Å². The minimum absolute atomic E-state index is 0.582. The Hall–Kier alpha value is -0.900. The van der Waals surface area contributed by atoms with Crippen molar-refractivity contribution < 1.29 is 0 Å². The van der Waals surface area contributed by atoms with Crippen LogP contribution in [-0.4, -0.2) is 32.5 Å². The summed E-state index contributed by atoms with van der Waals surface area (Å²) in [6, 6.07) is 1.29. The maximum atomic E-state index is 4.58. The van der Waals surface area contributed by atoms with Crippen molar-refractivity contribution in [2.45, 2.75) is 116 Å². The van der Waals surface area contributed by atoms with Gasteiger partial charge in [0.1, 0.15) is 0 Å². The molecule has 3 heterocycles. The molecule has 2 atom stereocenters. The molecule has 1 saturated heterocycles. The van der Waals surface area contributed by atoms with E-state index in [1.54, 1.807) is 0 Å². The third kappa shape index (κ3) is 4.64. The van der Waals surface area contributed by atoms with Crippen molar-refractivity contribution in [3.63, 3.8) is 0 Å². The van der Waals surface area contributed by atoms with Gasteiger partial charge in [-0.25, -0.2) is 4.68 Å². The molecule has 1 aromatic heterocycles. The molecule has 2 aliphatic heterocycles. The van der Waals surface area contributed by atoms with E-state index in [2.05, 4.69) is 33.7 Å². The van der Waals surface area contributed by atoms with E-state index in [0.29, 0.717) is 12.1 Å². The second-order valence-corrected chi connectivity index (χ2v) is 8.17. The molecular weight excluding hydrogens is 308 g/mol. The van der Waals surface area contributed by atoms with E-state index in [1.807, 2.05) is 0 Å². The average Bonchev–Trinajstić information content (AvgIpc) is 3.25. The van der Waals surface area contributed by atoms with Crippen LogP contribution in [0.5, 0.6) is 0 Å². The maximum Gasteiger partial charge on any atom is 0.0875 e. The Morgan fingerprint density at radius 2 is 1.72 bits per heavy atom. The Kier molecular flexibility index (Phi) is 7.33. The van der Waals surface area contributed by atoms with Crippen LogP contribution in [0.15, 0.2) is 0 Å². The van der Waals surface area contributed by atoms with Gasteiger partial charge in [0.25, 0.3) is 0 Å². The zero-order chi connectivity index (χ0) is 17.5. The maximum absolute atomic E-state index is 4.58. The molecule has 0 bridgehead atoms. The van der Waals surface area contributed by atoms with Crippen LogP contribution in [0.2, 0.25) is 0 Å². The van der Waals surface area contributed by atoms with Gasteiger partial charge in [0.05, 0.1) is 24.0 Å². The summed E-state index contributed by atoms with van der Waals surface area (Å²) in [7, 11) is 0. The van der Waals surface area contributed by atoms with Gasteiger partial charge >= 0.3 is 0 Å². The van der Waals surface area contributed by atoms with E-state index >= 15 is 0 Å². The summed E-state index contributed by atoms with van der Waals surface area (Å²) in [5.74, 6) is 0. The van der Waals surface area contributed by atoms with Gasteiger partial charge in [-0.15, -0.1) is 5.10 Å². The first kappa shape index (κ1) is 18.9. The lowest BCUT2D eigenvalue weighted by atomic mass is 9.96. The van der Waals surface area contributed by atoms with Crippen LogP contribution in [0, 0.1) is 0 Å². The minimum Gasteiger partial charge on any atom is -0.290 e. The Morgan fingerprint density at radius 3 is 2.52 bits per heavy atom. The van der Waals surface area contributed by atoms with E-state index in [-0.39, 0.29) is 0 Å². The first-order valence-corrected chi connectivity index (χ1v) is 11.0. The number of hydrogen-bond donors (Lipinski definition) is 0. The summed E-state index contributed by atoms with van der Waals surface area (Å²) in [5, 5.41) is 9.12. The molecule has 25 heavy (non-hydrogen) atoms. The third-order valence-electron chi connectivity index (χ3n) is 6.22. The molecule has 4 heteroatoms. The fraction of sp³-hybridized carbons (Fsp3) is 0.905. The zero-order valence-electron chi connectivity index (χ0n) is 16.6. The van der Waals surface area contributed by atoms with Gasteiger partial charge < -0.3 is 0 Å². The van der Waals surface area contributed by atoms with Crippen LogP contribution >= 0.6 is 0 Å². The standard InChI is InChI=1S/C21H38N4/c1-3-5-7-8-9-10-11-15-20-21-19(14-6-4-2)22-23-25(21)17-18-13-12-16-24(18)20/h18,20H,3-17H2,1-2H3/t18-,20-/m0/s1. The molecule has 2 aliphatic rings. The smallest absolute Gasteiger partial charge is 0.0875 e. The van der Waals surface area contributed by atoms with Crippen LogP contribution in [-0.2, 0) is 13.0 Å². The summed E-state index contributed by atoms with van der Waals surface area (Å²) in [5.41, 5.74) is 2.76. The number of hydrogen-bond acceptors (Lipinski definition) is 3. The fourth-order valence-electron chi connectivity index (χ4n) is 4.80. The lowest BCUT2D eigenvalue weighted by Crippen LogP contribution is -2.42. The van der Waals surface area contributed by atoms with Gasteiger partial charge in [-0.1, -0.05) is 70.4 Å². The highest BCUT2D eigenvalue weighted by molar-refractivity contribution is 5.19. The molecule has 0 radical (unpaired) electrons. The predicted molar refractivity (Wildman–Crippen MR) is 104 cm³/mol. The molecule has 1 aromatic rings. The predicted octanol–water partition coefficient (Wildman–Crippen LogP) is 5.28. The van der Waals surface area contributed by atoms with Crippen molar-refractivity contribution in [2.75, 3.05) is 6.54 Å². The lowest BCUT2D eigenvalue weighted by Gasteiger charge is -2.38. The van der Waals surface area contributed by atoms with Crippen LogP contribution in [0.4, 0.5) is 0 Å². The molecule has 0 N–H and O–H groups in total. The number of fused-ring (bicyclic) bond motifs is 2. The molecular formula is C21H38N4. The summed E-state index contributed by atoms with van der Waals surface area (Å²) in [6.07, 6.45) is 17.4. The van der Waals surface area contributed by atoms with Crippen molar-refractivity contribution >= 4 is 0 Å². The lowest BCUT2D eigenvalue weighted by molar-refractivity contribution is 0.113. The Balaban J connectivity index is 1.59. The van der Waals surface area contributed by atoms with Gasteiger partial charge in [0, 0.05) is 6.04 Å². The number of nitrogens with zero attached hydrogens (tertiary/aromatic N) is 4. The molecule has 0 aromatic carbocycles. The van der Waals surface area contributed by atoms with E-state index in [0.717, 1.165) is 13.0 Å². The van der Waals surface area contributed by atoms with Gasteiger partial charge in [-0.3, -0.25) is 4.90 Å². The second kappa shape index (κ2) is 9.70. The van der Waals surface area contributed by atoms with E-state index < -0.39 is 0 Å². The highest BCUT2D eigenvalue weighted by Crippen LogP contribution is 2.39. The molecule has 4 nitrogen and oxygen atoms in total. The summed E-state index contributed by atoms with van der Waals surface area (Å²) in [6.45, 7) is 6.91. The molecule has 1 fully saturated rings. The van der Waals surface area contributed by atoms with Gasteiger partial charge in [-0.2, -0.15) is 0 Å². The molecule has 0 aliphatic carbocycles. The summed E-state index contributed by atoms with van der Waals surface area (Å²) >= 11 is 0. The van der Waals surface area contributed by atoms with Gasteiger partial charge in [0.2, 0.25) is 0 Å². The third-order valence-corrected chi connectivity index (χ3v) is 6.22. The highest BCUT2D eigenvalue weighted by Gasteiger charge is 2.39. The summed E-state index contributed by atoms with van der Waals surface area (Å²) < 4.78 is 2.27. The molecule has 142 valence electrons. The van der Waals surface area contributed by atoms with E-state index in [9.17, 15) is 0 Å². The second-order valence-electron chi connectivity index (χ2n) is 8.17. The van der Waals surface area contributed by atoms with E-state index in [1.165, 1.54) is 95.0 Å². The number of aromatic nitrogens is 3. The number of rotatable bonds is 11. The normalized spacial score (nSPS) is 23.0. The van der Waals surface area contributed by atoms with Crippen molar-refractivity contribution in [3.8, 4) is 0 Å². The first-order chi connectivity index (χ1) is 12.3. The van der Waals surface area contributed by atoms with Crippen LogP contribution in [0.3, 0.4) is 0 Å².